The van der Waals surface area contributed by atoms with Gasteiger partial charge in [0, 0.05) is 29.4 Å². The lowest BCUT2D eigenvalue weighted by molar-refractivity contribution is 0.101. The zero-order chi connectivity index (χ0) is 19.0. The summed E-state index contributed by atoms with van der Waals surface area (Å²) in [5.41, 5.74) is 3.98. The van der Waals surface area contributed by atoms with Crippen molar-refractivity contribution in [2.45, 2.75) is 13.5 Å². The molecule has 4 nitrogen and oxygen atoms in total. The van der Waals surface area contributed by atoms with Crippen molar-refractivity contribution in [1.29, 1.82) is 0 Å². The van der Waals surface area contributed by atoms with Gasteiger partial charge < -0.3 is 14.3 Å². The molecular formula is C21H16ClFN2O2. The first-order chi connectivity index (χ1) is 13.0. The third kappa shape index (κ3) is 3.34. The molecule has 2 heterocycles. The predicted molar refractivity (Wildman–Crippen MR) is 104 cm³/mol. The number of hydrogen-bond donors (Lipinski definition) is 1. The van der Waals surface area contributed by atoms with Crippen molar-refractivity contribution >= 4 is 34.3 Å². The number of halogens is 2. The molecule has 4 rings (SSSR count). The minimum absolute atomic E-state index is 0.289. The fraction of sp³-hybridized carbons (Fsp3) is 0.0952. The van der Waals surface area contributed by atoms with Crippen LogP contribution >= 0.6 is 11.6 Å². The molecule has 0 unspecified atom stereocenters. The number of aromatic nitrogens is 1. The van der Waals surface area contributed by atoms with E-state index in [9.17, 15) is 9.18 Å². The second-order valence-electron chi connectivity index (χ2n) is 6.28. The molecule has 136 valence electrons. The second kappa shape index (κ2) is 6.93. The van der Waals surface area contributed by atoms with Gasteiger partial charge in [0.15, 0.2) is 5.58 Å². The maximum absolute atomic E-state index is 13.6. The van der Waals surface area contributed by atoms with Crippen LogP contribution in [0.15, 0.2) is 65.3 Å². The Labute approximate surface area is 160 Å². The van der Waals surface area contributed by atoms with E-state index < -0.39 is 0 Å². The Bertz CT molecular complexity index is 1150. The van der Waals surface area contributed by atoms with E-state index in [1.807, 2.05) is 17.6 Å². The lowest BCUT2D eigenvalue weighted by atomic mass is 10.2. The highest BCUT2D eigenvalue weighted by molar-refractivity contribution is 6.31. The van der Waals surface area contributed by atoms with Crippen molar-refractivity contribution < 1.29 is 13.6 Å². The molecule has 0 aliphatic carbocycles. The smallest absolute Gasteiger partial charge is 0.272 e. The minimum Gasteiger partial charge on any atom is -0.463 e. The summed E-state index contributed by atoms with van der Waals surface area (Å²) in [5, 5.41) is 3.48. The van der Waals surface area contributed by atoms with Crippen molar-refractivity contribution in [2.75, 3.05) is 5.32 Å². The van der Waals surface area contributed by atoms with Gasteiger partial charge in [-0.2, -0.15) is 0 Å². The SMILES string of the molecule is Cc1c(Cl)cccc1NC(=O)c1cc2occc2n1Cc1cccc(F)c1. The van der Waals surface area contributed by atoms with Crippen molar-refractivity contribution in [3.05, 3.63) is 88.5 Å². The Morgan fingerprint density at radius 1 is 1.19 bits per heavy atom. The van der Waals surface area contributed by atoms with Crippen molar-refractivity contribution in [1.82, 2.24) is 4.57 Å². The summed E-state index contributed by atoms with van der Waals surface area (Å²) < 4.78 is 20.8. The molecule has 0 radical (unpaired) electrons. The molecule has 0 atom stereocenters. The molecule has 0 saturated carbocycles. The number of carbonyl (C=O) groups is 1. The number of fused-ring (bicyclic) bond motifs is 1. The Kier molecular flexibility index (Phi) is 4.46. The highest BCUT2D eigenvalue weighted by atomic mass is 35.5. The topological polar surface area (TPSA) is 47.2 Å². The van der Waals surface area contributed by atoms with E-state index in [-0.39, 0.29) is 11.7 Å². The number of furan rings is 1. The molecule has 2 aromatic heterocycles. The molecule has 6 heteroatoms. The summed E-state index contributed by atoms with van der Waals surface area (Å²) in [6.07, 6.45) is 1.57. The molecule has 1 N–H and O–H groups in total. The lowest BCUT2D eigenvalue weighted by Gasteiger charge is -2.12. The van der Waals surface area contributed by atoms with Crippen LogP contribution in [0.1, 0.15) is 21.6 Å². The standard InChI is InChI=1S/C21H16ClFN2O2/c1-13-16(22)6-3-7-17(13)24-21(26)19-11-20-18(8-9-27-20)25(19)12-14-4-2-5-15(23)10-14/h2-11H,12H2,1H3,(H,24,26). The zero-order valence-corrected chi connectivity index (χ0v) is 15.3. The highest BCUT2D eigenvalue weighted by Crippen LogP contribution is 2.26. The normalized spacial score (nSPS) is 11.1. The molecule has 0 aliphatic heterocycles. The van der Waals surface area contributed by atoms with Crippen molar-refractivity contribution in [3.63, 3.8) is 0 Å². The van der Waals surface area contributed by atoms with Gasteiger partial charge in [0.1, 0.15) is 11.5 Å². The van der Waals surface area contributed by atoms with Gasteiger partial charge in [0.25, 0.3) is 5.91 Å². The number of amides is 1. The maximum Gasteiger partial charge on any atom is 0.272 e. The number of nitrogens with one attached hydrogen (secondary N) is 1. The molecule has 0 spiro atoms. The largest absolute Gasteiger partial charge is 0.463 e. The predicted octanol–water partition coefficient (Wildman–Crippen LogP) is 5.64. The van der Waals surface area contributed by atoms with E-state index in [2.05, 4.69) is 5.32 Å². The van der Waals surface area contributed by atoms with Gasteiger partial charge in [-0.15, -0.1) is 0 Å². The molecule has 0 fully saturated rings. The minimum atomic E-state index is -0.316. The van der Waals surface area contributed by atoms with Crippen LogP contribution in [0.5, 0.6) is 0 Å². The number of hydrogen-bond acceptors (Lipinski definition) is 2. The molecule has 2 aromatic carbocycles. The summed E-state index contributed by atoms with van der Waals surface area (Å²) in [6, 6.07) is 15.1. The van der Waals surface area contributed by atoms with E-state index in [0.717, 1.165) is 16.6 Å². The van der Waals surface area contributed by atoms with E-state index in [0.29, 0.717) is 28.5 Å². The van der Waals surface area contributed by atoms with Crippen molar-refractivity contribution in [2.24, 2.45) is 0 Å². The van der Waals surface area contributed by atoms with Gasteiger partial charge in [-0.1, -0.05) is 29.8 Å². The van der Waals surface area contributed by atoms with Gasteiger partial charge >= 0.3 is 0 Å². The van der Waals surface area contributed by atoms with Crippen LogP contribution in [0.25, 0.3) is 11.1 Å². The van der Waals surface area contributed by atoms with E-state index >= 15 is 0 Å². The van der Waals surface area contributed by atoms with Gasteiger partial charge in [-0.3, -0.25) is 4.79 Å². The number of anilines is 1. The second-order valence-corrected chi connectivity index (χ2v) is 6.69. The van der Waals surface area contributed by atoms with Crippen LogP contribution in [0, 0.1) is 12.7 Å². The monoisotopic (exact) mass is 382 g/mol. The molecule has 4 aromatic rings. The molecule has 0 aliphatic rings. The highest BCUT2D eigenvalue weighted by Gasteiger charge is 2.19. The average molecular weight is 383 g/mol. The molecule has 0 bridgehead atoms. The summed E-state index contributed by atoms with van der Waals surface area (Å²) in [5.74, 6) is -0.605. The Morgan fingerprint density at radius 3 is 2.81 bits per heavy atom. The van der Waals surface area contributed by atoms with Crippen molar-refractivity contribution in [3.8, 4) is 0 Å². The third-order valence-corrected chi connectivity index (χ3v) is 4.91. The van der Waals surface area contributed by atoms with E-state index in [4.69, 9.17) is 16.0 Å². The summed E-state index contributed by atoms with van der Waals surface area (Å²) in [4.78, 5) is 12.9. The Morgan fingerprint density at radius 2 is 2.00 bits per heavy atom. The van der Waals surface area contributed by atoms with Crippen LogP contribution in [0.2, 0.25) is 5.02 Å². The molecule has 27 heavy (non-hydrogen) atoms. The van der Waals surface area contributed by atoms with Crippen LogP contribution in [-0.2, 0) is 6.54 Å². The first kappa shape index (κ1) is 17.4. The fourth-order valence-corrected chi connectivity index (χ4v) is 3.26. The Balaban J connectivity index is 1.72. The van der Waals surface area contributed by atoms with Gasteiger partial charge in [-0.05, 0) is 42.3 Å². The molecular weight excluding hydrogens is 367 g/mol. The number of rotatable bonds is 4. The third-order valence-electron chi connectivity index (χ3n) is 4.50. The van der Waals surface area contributed by atoms with Gasteiger partial charge in [0.05, 0.1) is 11.8 Å². The van der Waals surface area contributed by atoms with E-state index in [1.54, 1.807) is 42.7 Å². The van der Waals surface area contributed by atoms with Gasteiger partial charge in [-0.25, -0.2) is 4.39 Å². The quantitative estimate of drug-likeness (QED) is 0.496. The first-order valence-electron chi connectivity index (χ1n) is 8.40. The number of carbonyl (C=O) groups excluding carboxylic acids is 1. The van der Waals surface area contributed by atoms with Crippen LogP contribution in [-0.4, -0.2) is 10.5 Å². The average Bonchev–Trinajstić information content (AvgIpc) is 3.22. The number of benzene rings is 2. The van der Waals surface area contributed by atoms with E-state index in [1.165, 1.54) is 12.1 Å². The first-order valence-corrected chi connectivity index (χ1v) is 8.78. The number of nitrogens with zero attached hydrogens (tertiary/aromatic N) is 1. The summed E-state index contributed by atoms with van der Waals surface area (Å²) in [6.45, 7) is 2.19. The fourth-order valence-electron chi connectivity index (χ4n) is 3.08. The van der Waals surface area contributed by atoms with Crippen LogP contribution in [0.4, 0.5) is 10.1 Å². The zero-order valence-electron chi connectivity index (χ0n) is 14.5. The Hall–Kier alpha value is -3.05. The summed E-state index contributed by atoms with van der Waals surface area (Å²) >= 11 is 6.14. The molecule has 1 amide bonds. The molecule has 0 saturated heterocycles. The van der Waals surface area contributed by atoms with Crippen LogP contribution < -0.4 is 5.32 Å². The van der Waals surface area contributed by atoms with Gasteiger partial charge in [0.2, 0.25) is 0 Å². The van der Waals surface area contributed by atoms with Crippen LogP contribution in [0.3, 0.4) is 0 Å². The lowest BCUT2D eigenvalue weighted by Crippen LogP contribution is -2.18. The maximum atomic E-state index is 13.6. The summed E-state index contributed by atoms with van der Waals surface area (Å²) in [7, 11) is 0.